The van der Waals surface area contributed by atoms with Crippen molar-refractivity contribution in [3.63, 3.8) is 0 Å². The highest BCUT2D eigenvalue weighted by Crippen LogP contribution is 2.14. The lowest BCUT2D eigenvalue weighted by molar-refractivity contribution is 0.136. The van der Waals surface area contributed by atoms with Gasteiger partial charge in [-0.05, 0) is 12.0 Å². The summed E-state index contributed by atoms with van der Waals surface area (Å²) in [5, 5.41) is 0. The second-order valence-electron chi connectivity index (χ2n) is 6.84. The number of aromatic nitrogens is 4. The molecule has 0 aliphatic rings. The van der Waals surface area contributed by atoms with Gasteiger partial charge in [-0.15, -0.1) is 0 Å². The molecule has 0 saturated carbocycles. The first-order chi connectivity index (χ1) is 12.9. The number of fused-ring (bicyclic) bond motifs is 1. The lowest BCUT2D eigenvalue weighted by Crippen LogP contribution is -2.37. The summed E-state index contributed by atoms with van der Waals surface area (Å²) in [5.74, 6) is 0.751. The van der Waals surface area contributed by atoms with Crippen molar-refractivity contribution in [2.24, 2.45) is 14.1 Å². The second-order valence-corrected chi connectivity index (χ2v) is 6.84. The number of imidazole rings is 1. The van der Waals surface area contributed by atoms with E-state index in [1.165, 1.54) is 11.6 Å². The van der Waals surface area contributed by atoms with E-state index >= 15 is 0 Å². The van der Waals surface area contributed by atoms with Gasteiger partial charge in [0.2, 0.25) is 0 Å². The van der Waals surface area contributed by atoms with Gasteiger partial charge in [-0.25, -0.2) is 9.78 Å². The minimum atomic E-state index is -0.374. The molecule has 0 bridgehead atoms. The zero-order chi connectivity index (χ0) is 19.6. The van der Waals surface area contributed by atoms with Crippen LogP contribution in [0.2, 0.25) is 0 Å². The zero-order valence-electron chi connectivity index (χ0n) is 16.4. The Balaban J connectivity index is 2.14. The Kier molecular flexibility index (Phi) is 5.65. The maximum absolute atomic E-state index is 12.8. The number of hydrogen-bond acceptors (Lipinski definition) is 4. The van der Waals surface area contributed by atoms with E-state index in [1.807, 2.05) is 30.6 Å². The normalized spacial score (nSPS) is 11.4. The summed E-state index contributed by atoms with van der Waals surface area (Å²) in [5.41, 5.74) is 2.41. The number of rotatable bonds is 7. The highest BCUT2D eigenvalue weighted by Gasteiger charge is 2.19. The van der Waals surface area contributed by atoms with E-state index in [2.05, 4.69) is 18.0 Å². The van der Waals surface area contributed by atoms with Crippen molar-refractivity contribution in [3.05, 3.63) is 56.5 Å². The molecule has 2 heterocycles. The molecule has 0 fully saturated rings. The molecular weight excluding hydrogens is 343 g/mol. The molecule has 0 N–H and O–H groups in total. The Bertz CT molecular complexity index is 1080. The van der Waals surface area contributed by atoms with E-state index in [0.717, 1.165) is 27.8 Å². The SMILES string of the molecule is Bc1cccc(Cn2c(CCOCCC)nc3c2c(=O)n(C)c(=O)n3C)c1. The van der Waals surface area contributed by atoms with Crippen LogP contribution in [0.5, 0.6) is 0 Å². The second kappa shape index (κ2) is 7.96. The van der Waals surface area contributed by atoms with Crippen molar-refractivity contribution in [2.75, 3.05) is 13.2 Å². The summed E-state index contributed by atoms with van der Waals surface area (Å²) >= 11 is 0. The molecule has 27 heavy (non-hydrogen) atoms. The predicted molar refractivity (Wildman–Crippen MR) is 109 cm³/mol. The van der Waals surface area contributed by atoms with Crippen LogP contribution in [0.1, 0.15) is 24.7 Å². The zero-order valence-corrected chi connectivity index (χ0v) is 16.4. The van der Waals surface area contributed by atoms with E-state index in [-0.39, 0.29) is 11.2 Å². The molecule has 0 atom stereocenters. The van der Waals surface area contributed by atoms with Crippen molar-refractivity contribution >= 4 is 24.5 Å². The fourth-order valence-electron chi connectivity index (χ4n) is 3.26. The summed E-state index contributed by atoms with van der Waals surface area (Å²) in [6, 6.07) is 8.16. The van der Waals surface area contributed by atoms with E-state index in [0.29, 0.717) is 37.3 Å². The van der Waals surface area contributed by atoms with Gasteiger partial charge in [-0.2, -0.15) is 0 Å². The maximum atomic E-state index is 12.8. The Morgan fingerprint density at radius 2 is 1.93 bits per heavy atom. The summed E-state index contributed by atoms with van der Waals surface area (Å²) in [6.07, 6.45) is 1.53. The quantitative estimate of drug-likeness (QED) is 0.425. The number of aryl methyl sites for hydroxylation is 1. The molecule has 0 unspecified atom stereocenters. The van der Waals surface area contributed by atoms with Crippen LogP contribution in [0.25, 0.3) is 11.2 Å². The van der Waals surface area contributed by atoms with Crippen LogP contribution in [0.3, 0.4) is 0 Å². The Morgan fingerprint density at radius 3 is 2.63 bits per heavy atom. The van der Waals surface area contributed by atoms with Crippen LogP contribution in [0, 0.1) is 0 Å². The summed E-state index contributed by atoms with van der Waals surface area (Å²) < 4.78 is 10.1. The number of benzene rings is 1. The van der Waals surface area contributed by atoms with Gasteiger partial charge >= 0.3 is 5.69 Å². The fourth-order valence-corrected chi connectivity index (χ4v) is 3.26. The third-order valence-electron chi connectivity index (χ3n) is 4.67. The van der Waals surface area contributed by atoms with Crippen molar-refractivity contribution in [1.82, 2.24) is 18.7 Å². The van der Waals surface area contributed by atoms with E-state index in [1.54, 1.807) is 7.05 Å². The lowest BCUT2D eigenvalue weighted by atomic mass is 9.94. The molecule has 0 radical (unpaired) electrons. The van der Waals surface area contributed by atoms with E-state index < -0.39 is 0 Å². The first kappa shape index (κ1) is 19.2. The highest BCUT2D eigenvalue weighted by atomic mass is 16.5. The molecular formula is C19H25BN4O3. The minimum absolute atomic E-state index is 0.325. The summed E-state index contributed by atoms with van der Waals surface area (Å²) in [7, 11) is 5.18. The minimum Gasteiger partial charge on any atom is -0.381 e. The fraction of sp³-hybridized carbons (Fsp3) is 0.421. The number of hydrogen-bond donors (Lipinski definition) is 0. The largest absolute Gasteiger partial charge is 0.381 e. The lowest BCUT2D eigenvalue weighted by Gasteiger charge is -2.11. The average molecular weight is 368 g/mol. The van der Waals surface area contributed by atoms with Gasteiger partial charge < -0.3 is 9.30 Å². The average Bonchev–Trinajstić information content (AvgIpc) is 3.00. The molecule has 0 spiro atoms. The first-order valence-corrected chi connectivity index (χ1v) is 9.22. The molecule has 0 saturated heterocycles. The molecule has 0 aliphatic carbocycles. The van der Waals surface area contributed by atoms with Gasteiger partial charge in [0.05, 0.1) is 6.61 Å². The van der Waals surface area contributed by atoms with Crippen molar-refractivity contribution in [2.45, 2.75) is 26.3 Å². The molecule has 1 aromatic carbocycles. The molecule has 8 heteroatoms. The topological polar surface area (TPSA) is 71.1 Å². The highest BCUT2D eigenvalue weighted by molar-refractivity contribution is 6.32. The van der Waals surface area contributed by atoms with Crippen LogP contribution in [0.4, 0.5) is 0 Å². The summed E-state index contributed by atoms with van der Waals surface area (Å²) in [6.45, 7) is 3.80. The molecule has 0 aliphatic heterocycles. The van der Waals surface area contributed by atoms with Crippen LogP contribution in [-0.2, 0) is 31.8 Å². The maximum Gasteiger partial charge on any atom is 0.332 e. The van der Waals surface area contributed by atoms with Gasteiger partial charge in [-0.1, -0.05) is 36.7 Å². The third-order valence-corrected chi connectivity index (χ3v) is 4.67. The van der Waals surface area contributed by atoms with E-state index in [9.17, 15) is 9.59 Å². The Labute approximate surface area is 158 Å². The van der Waals surface area contributed by atoms with Gasteiger partial charge in [0.15, 0.2) is 11.2 Å². The van der Waals surface area contributed by atoms with E-state index in [4.69, 9.17) is 4.74 Å². The van der Waals surface area contributed by atoms with Crippen molar-refractivity contribution in [3.8, 4) is 0 Å². The monoisotopic (exact) mass is 368 g/mol. The van der Waals surface area contributed by atoms with Gasteiger partial charge in [0.25, 0.3) is 5.56 Å². The third kappa shape index (κ3) is 3.76. The van der Waals surface area contributed by atoms with Crippen LogP contribution >= 0.6 is 0 Å². The van der Waals surface area contributed by atoms with Crippen LogP contribution in [0.15, 0.2) is 33.9 Å². The van der Waals surface area contributed by atoms with Crippen LogP contribution in [-0.4, -0.2) is 39.7 Å². The Hall–Kier alpha value is -2.61. The first-order valence-electron chi connectivity index (χ1n) is 9.22. The Morgan fingerprint density at radius 1 is 1.15 bits per heavy atom. The van der Waals surface area contributed by atoms with Crippen molar-refractivity contribution in [1.29, 1.82) is 0 Å². The smallest absolute Gasteiger partial charge is 0.332 e. The van der Waals surface area contributed by atoms with Crippen LogP contribution < -0.4 is 16.7 Å². The predicted octanol–water partition coefficient (Wildman–Crippen LogP) is -0.290. The van der Waals surface area contributed by atoms with Gasteiger partial charge in [0.1, 0.15) is 13.7 Å². The molecule has 2 aromatic heterocycles. The molecule has 3 aromatic rings. The standard InChI is InChI=1S/C19H25BN4O3/c1-4-9-27-10-8-15-21-17-16(18(25)23(3)19(26)22(17)2)24(15)12-13-6-5-7-14(20)11-13/h5-7,11H,4,8-10,12,20H2,1-3H3. The molecule has 3 rings (SSSR count). The number of nitrogens with zero attached hydrogens (tertiary/aromatic N) is 4. The molecule has 0 amide bonds. The van der Waals surface area contributed by atoms with Gasteiger partial charge in [-0.3, -0.25) is 13.9 Å². The van der Waals surface area contributed by atoms with Gasteiger partial charge in [0, 0.05) is 33.7 Å². The summed E-state index contributed by atoms with van der Waals surface area (Å²) in [4.78, 5) is 29.7. The van der Waals surface area contributed by atoms with Crippen molar-refractivity contribution < 1.29 is 4.74 Å². The molecule has 142 valence electrons. The molecule has 7 nitrogen and oxygen atoms in total. The number of ether oxygens (including phenoxy) is 1.